The highest BCUT2D eigenvalue weighted by molar-refractivity contribution is 7.93. The summed E-state index contributed by atoms with van der Waals surface area (Å²) in [5.74, 6) is -0.199. The maximum absolute atomic E-state index is 13.2. The van der Waals surface area contributed by atoms with Crippen LogP contribution >= 0.6 is 0 Å². The van der Waals surface area contributed by atoms with Gasteiger partial charge in [0, 0.05) is 35.5 Å². The van der Waals surface area contributed by atoms with Gasteiger partial charge >= 0.3 is 0 Å². The first-order valence-electron chi connectivity index (χ1n) is 10.2. The summed E-state index contributed by atoms with van der Waals surface area (Å²) in [6.07, 6.45) is 2.26. The number of aryl methyl sites for hydroxylation is 1. The molecule has 30 heavy (non-hydrogen) atoms. The molecule has 6 nitrogen and oxygen atoms in total. The molecule has 1 unspecified atom stereocenters. The predicted molar refractivity (Wildman–Crippen MR) is 116 cm³/mol. The molecule has 2 aliphatic rings. The Balaban J connectivity index is 1.47. The first kappa shape index (κ1) is 19.3. The van der Waals surface area contributed by atoms with Crippen molar-refractivity contribution < 1.29 is 17.9 Å². The molecule has 0 radical (unpaired) electrons. The zero-order valence-corrected chi connectivity index (χ0v) is 17.9. The summed E-state index contributed by atoms with van der Waals surface area (Å²) in [6, 6.07) is 12.6. The summed E-state index contributed by atoms with van der Waals surface area (Å²) in [5.41, 5.74) is 3.00. The number of ketones is 1. The number of carbonyl (C=O) groups excluding carboxylic acids is 1. The van der Waals surface area contributed by atoms with Crippen LogP contribution in [0.4, 0.5) is 5.69 Å². The minimum atomic E-state index is -3.75. The Morgan fingerprint density at radius 2 is 1.93 bits per heavy atom. The minimum absolute atomic E-state index is 0.170. The lowest BCUT2D eigenvalue weighted by Gasteiger charge is -2.18. The van der Waals surface area contributed by atoms with Gasteiger partial charge in [-0.2, -0.15) is 0 Å². The van der Waals surface area contributed by atoms with E-state index >= 15 is 0 Å². The maximum Gasteiger partial charge on any atom is 0.265 e. The molecule has 1 atom stereocenters. The number of hydrogen-bond acceptors (Lipinski definition) is 4. The molecule has 2 aliphatic heterocycles. The zero-order valence-electron chi connectivity index (χ0n) is 17.1. The Labute approximate surface area is 176 Å². The first-order valence-corrected chi connectivity index (χ1v) is 11.7. The van der Waals surface area contributed by atoms with E-state index in [1.54, 1.807) is 18.2 Å². The fourth-order valence-corrected chi connectivity index (χ4v) is 6.37. The largest absolute Gasteiger partial charge is 0.376 e. The number of Topliss-reactive ketones (excluding diaryl/α,β-unsaturated/α-hetero) is 1. The van der Waals surface area contributed by atoms with Crippen LogP contribution in [0.25, 0.3) is 10.8 Å². The van der Waals surface area contributed by atoms with Crippen molar-refractivity contribution >= 4 is 32.3 Å². The Kier molecular flexibility index (Phi) is 4.48. The summed E-state index contributed by atoms with van der Waals surface area (Å²) in [5, 5.41) is 1.55. The highest BCUT2D eigenvalue weighted by Crippen LogP contribution is 2.42. The third-order valence-electron chi connectivity index (χ3n) is 6.25. The zero-order chi connectivity index (χ0) is 21.0. The number of anilines is 1. The Bertz CT molecular complexity index is 1260. The number of benzene rings is 2. The predicted octanol–water partition coefficient (Wildman–Crippen LogP) is 3.83. The molecular weight excluding hydrogens is 400 g/mol. The second kappa shape index (κ2) is 6.96. The van der Waals surface area contributed by atoms with Gasteiger partial charge in [0.2, 0.25) is 0 Å². The van der Waals surface area contributed by atoms with Crippen LogP contribution in [0, 0.1) is 13.8 Å². The topological polar surface area (TPSA) is 68.6 Å². The van der Waals surface area contributed by atoms with Crippen molar-refractivity contribution in [2.75, 3.05) is 17.5 Å². The smallest absolute Gasteiger partial charge is 0.265 e. The number of sulfonamides is 1. The number of rotatable bonds is 5. The van der Waals surface area contributed by atoms with Gasteiger partial charge in [-0.25, -0.2) is 8.42 Å². The van der Waals surface area contributed by atoms with Crippen LogP contribution in [-0.4, -0.2) is 38.0 Å². The number of ether oxygens (including phenoxy) is 1. The van der Waals surface area contributed by atoms with E-state index in [1.807, 2.05) is 38.1 Å². The second-order valence-electron chi connectivity index (χ2n) is 8.10. The van der Waals surface area contributed by atoms with Crippen LogP contribution in [0.3, 0.4) is 0 Å². The Hall–Kier alpha value is -2.64. The summed E-state index contributed by atoms with van der Waals surface area (Å²) >= 11 is 0. The fourth-order valence-electron chi connectivity index (χ4n) is 4.70. The molecule has 0 amide bonds. The normalized spacial score (nSPS) is 19.7. The second-order valence-corrected chi connectivity index (χ2v) is 9.93. The van der Waals surface area contributed by atoms with Crippen molar-refractivity contribution in [3.63, 3.8) is 0 Å². The number of nitrogens with zero attached hydrogens (tertiary/aromatic N) is 2. The van der Waals surface area contributed by atoms with E-state index < -0.39 is 10.0 Å². The van der Waals surface area contributed by atoms with Crippen molar-refractivity contribution in [2.24, 2.45) is 0 Å². The van der Waals surface area contributed by atoms with Gasteiger partial charge < -0.3 is 9.30 Å². The van der Waals surface area contributed by atoms with Gasteiger partial charge in [-0.15, -0.1) is 0 Å². The van der Waals surface area contributed by atoms with Crippen molar-refractivity contribution in [1.82, 2.24) is 4.57 Å². The molecule has 3 heterocycles. The number of hydrogen-bond donors (Lipinski definition) is 0. The molecule has 7 heteroatoms. The molecule has 0 aliphatic carbocycles. The third kappa shape index (κ3) is 2.87. The third-order valence-corrected chi connectivity index (χ3v) is 8.05. The van der Waals surface area contributed by atoms with Crippen molar-refractivity contribution in [3.8, 4) is 0 Å². The highest BCUT2D eigenvalue weighted by atomic mass is 32.2. The SMILES string of the molecule is Cc1cc(C(=O)CN2c3cccc4cccc(c34)S2(=O)=O)c(C)n1CC1CCCO1. The molecule has 2 aromatic carbocycles. The van der Waals surface area contributed by atoms with Gasteiger partial charge in [-0.1, -0.05) is 24.3 Å². The maximum atomic E-state index is 13.2. The molecule has 156 valence electrons. The number of carbonyl (C=O) groups is 1. The lowest BCUT2D eigenvalue weighted by atomic mass is 10.1. The van der Waals surface area contributed by atoms with Crippen LogP contribution in [-0.2, 0) is 21.3 Å². The van der Waals surface area contributed by atoms with Crippen LogP contribution in [0.5, 0.6) is 0 Å². The molecule has 3 aromatic rings. The average Bonchev–Trinajstić information content (AvgIpc) is 3.39. The molecule has 0 spiro atoms. The van der Waals surface area contributed by atoms with Gasteiger partial charge in [0.05, 0.1) is 23.2 Å². The summed E-state index contributed by atoms with van der Waals surface area (Å²) in [7, 11) is -3.75. The van der Waals surface area contributed by atoms with Crippen molar-refractivity contribution in [3.05, 3.63) is 59.4 Å². The average molecular weight is 425 g/mol. The first-order chi connectivity index (χ1) is 14.4. The summed E-state index contributed by atoms with van der Waals surface area (Å²) in [6.45, 7) is 5.19. The number of aromatic nitrogens is 1. The van der Waals surface area contributed by atoms with E-state index in [2.05, 4.69) is 4.57 Å². The Morgan fingerprint density at radius 3 is 2.67 bits per heavy atom. The Morgan fingerprint density at radius 1 is 1.17 bits per heavy atom. The van der Waals surface area contributed by atoms with E-state index in [4.69, 9.17) is 4.74 Å². The summed E-state index contributed by atoms with van der Waals surface area (Å²) < 4.78 is 35.4. The standard InChI is InChI=1S/C23H24N2O4S/c1-15-12-19(16(2)24(15)13-18-8-5-11-29-18)21(26)14-25-20-9-3-6-17-7-4-10-22(23(17)20)30(25,27)28/h3-4,6-7,9-10,12,18H,5,8,11,13-14H2,1-2H3. The van der Waals surface area contributed by atoms with Crippen LogP contribution in [0.15, 0.2) is 47.4 Å². The minimum Gasteiger partial charge on any atom is -0.376 e. The van der Waals surface area contributed by atoms with Crippen molar-refractivity contribution in [1.29, 1.82) is 0 Å². The molecule has 0 saturated carbocycles. The van der Waals surface area contributed by atoms with Gasteiger partial charge in [0.1, 0.15) is 0 Å². The highest BCUT2D eigenvalue weighted by Gasteiger charge is 2.37. The van der Waals surface area contributed by atoms with E-state index in [9.17, 15) is 13.2 Å². The van der Waals surface area contributed by atoms with Gasteiger partial charge in [-0.3, -0.25) is 9.10 Å². The molecule has 5 rings (SSSR count). The lowest BCUT2D eigenvalue weighted by molar-refractivity contribution is 0.0955. The monoisotopic (exact) mass is 424 g/mol. The van der Waals surface area contributed by atoms with Gasteiger partial charge in [-0.05, 0) is 50.3 Å². The molecule has 1 aromatic heterocycles. The molecule has 0 N–H and O–H groups in total. The molecule has 1 fully saturated rings. The quantitative estimate of drug-likeness (QED) is 0.584. The molecular formula is C23H24N2O4S. The molecule has 1 saturated heterocycles. The van der Waals surface area contributed by atoms with E-state index in [1.165, 1.54) is 4.31 Å². The van der Waals surface area contributed by atoms with Crippen LogP contribution in [0.1, 0.15) is 34.6 Å². The summed E-state index contributed by atoms with van der Waals surface area (Å²) in [4.78, 5) is 13.5. The van der Waals surface area contributed by atoms with E-state index in [0.717, 1.165) is 42.8 Å². The van der Waals surface area contributed by atoms with E-state index in [0.29, 0.717) is 16.6 Å². The fraction of sp³-hybridized carbons (Fsp3) is 0.348. The van der Waals surface area contributed by atoms with Crippen LogP contribution in [0.2, 0.25) is 0 Å². The van der Waals surface area contributed by atoms with Gasteiger partial charge in [0.15, 0.2) is 5.78 Å². The lowest BCUT2D eigenvalue weighted by Crippen LogP contribution is -2.33. The molecule has 0 bridgehead atoms. The van der Waals surface area contributed by atoms with Crippen molar-refractivity contribution in [2.45, 2.75) is 44.2 Å². The van der Waals surface area contributed by atoms with E-state index in [-0.39, 0.29) is 23.3 Å². The van der Waals surface area contributed by atoms with Crippen LogP contribution < -0.4 is 4.31 Å². The van der Waals surface area contributed by atoms with Gasteiger partial charge in [0.25, 0.3) is 10.0 Å².